The molecular weight excluding hydrogens is 268 g/mol. The van der Waals surface area contributed by atoms with Crippen molar-refractivity contribution in [1.82, 2.24) is 4.98 Å². The van der Waals surface area contributed by atoms with Crippen molar-refractivity contribution in [2.45, 2.75) is 43.7 Å². The van der Waals surface area contributed by atoms with Gasteiger partial charge in [-0.15, -0.1) is 23.1 Å². The predicted molar refractivity (Wildman–Crippen MR) is 76.1 cm³/mol. The van der Waals surface area contributed by atoms with Crippen molar-refractivity contribution in [3.05, 3.63) is 11.1 Å². The smallest absolute Gasteiger partial charge is 0.225 e. The van der Waals surface area contributed by atoms with Crippen molar-refractivity contribution in [1.29, 1.82) is 0 Å². The lowest BCUT2D eigenvalue weighted by Crippen LogP contribution is -2.30. The zero-order valence-electron chi connectivity index (χ0n) is 10.6. The molecule has 0 radical (unpaired) electrons. The molecule has 1 aromatic rings. The van der Waals surface area contributed by atoms with Gasteiger partial charge in [0, 0.05) is 29.3 Å². The van der Waals surface area contributed by atoms with Gasteiger partial charge in [-0.05, 0) is 12.8 Å². The van der Waals surface area contributed by atoms with Gasteiger partial charge >= 0.3 is 0 Å². The highest BCUT2D eigenvalue weighted by atomic mass is 32.2. The summed E-state index contributed by atoms with van der Waals surface area (Å²) >= 11 is 3.21. The molecular formula is C12H18N2O2S2. The first-order chi connectivity index (χ1) is 8.61. The van der Waals surface area contributed by atoms with Crippen molar-refractivity contribution in [3.63, 3.8) is 0 Å². The van der Waals surface area contributed by atoms with Crippen LogP contribution in [0.3, 0.4) is 0 Å². The molecule has 0 aliphatic heterocycles. The molecule has 1 heterocycles. The van der Waals surface area contributed by atoms with Crippen LogP contribution in [0, 0.1) is 0 Å². The van der Waals surface area contributed by atoms with Gasteiger partial charge in [0.1, 0.15) is 0 Å². The maximum Gasteiger partial charge on any atom is 0.225 e. The molecule has 1 aliphatic rings. The number of thioether (sulfide) groups is 1. The molecule has 1 amide bonds. The molecule has 1 saturated carbocycles. The average Bonchev–Trinajstić information content (AvgIpc) is 3.05. The second kappa shape index (κ2) is 6.04. The zero-order valence-corrected chi connectivity index (χ0v) is 12.3. The molecule has 18 heavy (non-hydrogen) atoms. The lowest BCUT2D eigenvalue weighted by Gasteiger charge is -2.16. The van der Waals surface area contributed by atoms with Crippen LogP contribution in [0.5, 0.6) is 0 Å². The summed E-state index contributed by atoms with van der Waals surface area (Å²) in [6.07, 6.45) is 2.18. The Morgan fingerprint density at radius 2 is 2.44 bits per heavy atom. The van der Waals surface area contributed by atoms with Crippen LogP contribution >= 0.6 is 23.1 Å². The number of aromatic nitrogens is 1. The number of aliphatic hydroxyl groups is 1. The van der Waals surface area contributed by atoms with Crippen molar-refractivity contribution in [3.8, 4) is 0 Å². The fourth-order valence-electron chi connectivity index (χ4n) is 1.63. The first-order valence-corrected chi connectivity index (χ1v) is 8.01. The van der Waals surface area contributed by atoms with Gasteiger partial charge in [-0.3, -0.25) is 9.69 Å². The van der Waals surface area contributed by atoms with Gasteiger partial charge in [0.05, 0.1) is 12.3 Å². The summed E-state index contributed by atoms with van der Waals surface area (Å²) in [5.74, 6) is 0.865. The molecule has 1 aliphatic carbocycles. The van der Waals surface area contributed by atoms with Crippen LogP contribution in [-0.4, -0.2) is 33.9 Å². The molecule has 0 bridgehead atoms. The number of rotatable bonds is 6. The van der Waals surface area contributed by atoms with E-state index in [4.69, 9.17) is 5.11 Å². The topological polar surface area (TPSA) is 53.4 Å². The Morgan fingerprint density at radius 3 is 3.00 bits per heavy atom. The zero-order chi connectivity index (χ0) is 13.1. The Morgan fingerprint density at radius 1 is 1.72 bits per heavy atom. The summed E-state index contributed by atoms with van der Waals surface area (Å²) < 4.78 is 0. The molecule has 100 valence electrons. The number of carbonyl (C=O) groups excluding carboxylic acids is 1. The van der Waals surface area contributed by atoms with E-state index in [1.54, 1.807) is 18.7 Å². The van der Waals surface area contributed by atoms with E-state index in [-0.39, 0.29) is 17.8 Å². The summed E-state index contributed by atoms with van der Waals surface area (Å²) in [5, 5.41) is 12.0. The van der Waals surface area contributed by atoms with Crippen molar-refractivity contribution in [2.24, 2.45) is 0 Å². The number of anilines is 1. The number of hydrogen-bond donors (Lipinski definition) is 1. The number of carbonyl (C=O) groups is 1. The second-order valence-corrected chi connectivity index (χ2v) is 6.81. The normalized spacial score (nSPS) is 16.6. The van der Waals surface area contributed by atoms with E-state index in [1.165, 1.54) is 11.3 Å². The lowest BCUT2D eigenvalue weighted by molar-refractivity contribution is -0.116. The number of hydrogen-bond acceptors (Lipinski definition) is 5. The Balaban J connectivity index is 1.98. The maximum absolute atomic E-state index is 11.6. The molecule has 1 fully saturated rings. The number of aliphatic hydroxyl groups excluding tert-OH is 1. The molecule has 2 rings (SSSR count). The Hall–Kier alpha value is -0.590. The van der Waals surface area contributed by atoms with Crippen LogP contribution in [0.15, 0.2) is 5.38 Å². The summed E-state index contributed by atoms with van der Waals surface area (Å²) in [6, 6.07) is 0.366. The number of nitrogens with zero attached hydrogens (tertiary/aromatic N) is 2. The Bertz CT molecular complexity index is 418. The molecule has 0 saturated heterocycles. The molecule has 0 aromatic carbocycles. The highest BCUT2D eigenvalue weighted by molar-refractivity contribution is 7.99. The van der Waals surface area contributed by atoms with Crippen LogP contribution in [0.25, 0.3) is 0 Å². The minimum absolute atomic E-state index is 0.0785. The standard InChI is InChI=1S/C12H18N2O2S2/c1-8(5-15)17-6-10-7-18-12(13-10)14(9(2)16)11-3-4-11/h7-8,11,15H,3-6H2,1-2H3. The van der Waals surface area contributed by atoms with Crippen LogP contribution in [0.1, 0.15) is 32.4 Å². The third-order valence-corrected chi connectivity index (χ3v) is 4.84. The van der Waals surface area contributed by atoms with Crippen LogP contribution < -0.4 is 4.90 Å². The molecule has 4 nitrogen and oxygen atoms in total. The third kappa shape index (κ3) is 3.46. The first-order valence-electron chi connectivity index (χ1n) is 6.08. The minimum atomic E-state index is 0.0785. The van der Waals surface area contributed by atoms with Crippen LogP contribution in [0.4, 0.5) is 5.13 Å². The fourth-order valence-corrected chi connectivity index (χ4v) is 3.39. The lowest BCUT2D eigenvalue weighted by atomic mass is 10.5. The van der Waals surface area contributed by atoms with Gasteiger partial charge in [0.2, 0.25) is 5.91 Å². The molecule has 1 unspecified atom stereocenters. The molecule has 6 heteroatoms. The molecule has 0 spiro atoms. The van der Waals surface area contributed by atoms with E-state index in [9.17, 15) is 4.79 Å². The number of amides is 1. The van der Waals surface area contributed by atoms with E-state index in [0.717, 1.165) is 29.4 Å². The van der Waals surface area contributed by atoms with E-state index in [2.05, 4.69) is 4.98 Å². The number of thiazole rings is 1. The molecule has 1 atom stereocenters. The van der Waals surface area contributed by atoms with E-state index in [0.29, 0.717) is 6.04 Å². The van der Waals surface area contributed by atoms with Gasteiger partial charge in [-0.25, -0.2) is 4.98 Å². The highest BCUT2D eigenvalue weighted by Crippen LogP contribution is 2.34. The van der Waals surface area contributed by atoms with Crippen LogP contribution in [0.2, 0.25) is 0 Å². The Labute approximate surface area is 115 Å². The van der Waals surface area contributed by atoms with E-state index >= 15 is 0 Å². The van der Waals surface area contributed by atoms with E-state index < -0.39 is 0 Å². The fraction of sp³-hybridized carbons (Fsp3) is 0.667. The summed E-state index contributed by atoms with van der Waals surface area (Å²) in [7, 11) is 0. The van der Waals surface area contributed by atoms with Gasteiger partial charge in [0.25, 0.3) is 0 Å². The first kappa shape index (κ1) is 13.8. The van der Waals surface area contributed by atoms with Crippen molar-refractivity contribution < 1.29 is 9.90 Å². The molecule has 1 aromatic heterocycles. The Kier molecular flexibility index (Phi) is 4.64. The average molecular weight is 286 g/mol. The van der Waals surface area contributed by atoms with Crippen molar-refractivity contribution in [2.75, 3.05) is 11.5 Å². The van der Waals surface area contributed by atoms with Gasteiger partial charge in [-0.1, -0.05) is 6.92 Å². The largest absolute Gasteiger partial charge is 0.395 e. The van der Waals surface area contributed by atoms with E-state index in [1.807, 2.05) is 17.2 Å². The van der Waals surface area contributed by atoms with Crippen LogP contribution in [-0.2, 0) is 10.5 Å². The summed E-state index contributed by atoms with van der Waals surface area (Å²) in [6.45, 7) is 3.77. The SMILES string of the molecule is CC(=O)N(c1nc(CSC(C)CO)cs1)C1CC1. The second-order valence-electron chi connectivity index (χ2n) is 4.55. The predicted octanol–water partition coefficient (Wildman–Crippen LogP) is 2.27. The minimum Gasteiger partial charge on any atom is -0.395 e. The van der Waals surface area contributed by atoms with Gasteiger partial charge in [-0.2, -0.15) is 0 Å². The summed E-state index contributed by atoms with van der Waals surface area (Å²) in [4.78, 5) is 17.9. The molecule has 1 N–H and O–H groups in total. The quantitative estimate of drug-likeness (QED) is 0.871. The monoisotopic (exact) mass is 286 g/mol. The van der Waals surface area contributed by atoms with Crippen molar-refractivity contribution >= 4 is 34.1 Å². The van der Waals surface area contributed by atoms with Gasteiger partial charge in [0.15, 0.2) is 5.13 Å². The van der Waals surface area contributed by atoms with Gasteiger partial charge < -0.3 is 5.11 Å². The third-order valence-electron chi connectivity index (χ3n) is 2.77. The maximum atomic E-state index is 11.6. The summed E-state index contributed by atoms with van der Waals surface area (Å²) in [5.41, 5.74) is 0.993. The highest BCUT2D eigenvalue weighted by Gasteiger charge is 2.33.